The lowest BCUT2D eigenvalue weighted by atomic mass is 10.00. The molecule has 3 heteroatoms. The zero-order valence-electron chi connectivity index (χ0n) is 6.77. The van der Waals surface area contributed by atoms with Crippen molar-refractivity contribution in [3.63, 3.8) is 0 Å². The van der Waals surface area contributed by atoms with Crippen molar-refractivity contribution >= 4 is 0 Å². The first-order valence-electron chi connectivity index (χ1n) is 4.03. The Morgan fingerprint density at radius 3 is 2.62 bits per heavy atom. The van der Waals surface area contributed by atoms with E-state index in [1.807, 2.05) is 24.3 Å². The molecule has 1 aliphatic rings. The second-order valence-electron chi connectivity index (χ2n) is 3.13. The number of aliphatic hydroxyl groups is 1. The van der Waals surface area contributed by atoms with Crippen molar-refractivity contribution in [1.82, 2.24) is 5.01 Å². The van der Waals surface area contributed by atoms with Crippen molar-refractivity contribution in [2.75, 3.05) is 0 Å². The molecular weight excluding hydrogens is 164 g/mol. The van der Waals surface area contributed by atoms with E-state index in [4.69, 9.17) is 5.84 Å². The molecule has 1 unspecified atom stereocenters. The zero-order chi connectivity index (χ0) is 8.55. The van der Waals surface area contributed by atoms with Gasteiger partial charge in [0.2, 0.25) is 0 Å². The fourth-order valence-corrected chi connectivity index (χ4v) is 1.53. The summed E-state index contributed by atoms with van der Waals surface area (Å²) in [5.41, 5.74) is 2.41. The number of rotatable bonds is 0. The van der Waals surface area contributed by atoms with E-state index >= 15 is 0 Å². The van der Waals surface area contributed by atoms with Gasteiger partial charge in [-0.15, -0.1) is 0 Å². The largest absolute Gasteiger partial charge is 0.377 e. The van der Waals surface area contributed by atoms with Gasteiger partial charge in [0.15, 0.2) is 0 Å². The molecule has 0 fully saturated rings. The van der Waals surface area contributed by atoms with Gasteiger partial charge in [0.25, 0.3) is 0 Å². The topological polar surface area (TPSA) is 49.5 Å². The Balaban J connectivity index is 0.000000845. The van der Waals surface area contributed by atoms with E-state index < -0.39 is 6.23 Å². The van der Waals surface area contributed by atoms with E-state index in [2.05, 4.69) is 0 Å². The summed E-state index contributed by atoms with van der Waals surface area (Å²) in [6.07, 6.45) is 0.104. The normalized spacial score (nSPS) is 21.8. The molecule has 3 nitrogen and oxygen atoms in total. The summed E-state index contributed by atoms with van der Waals surface area (Å²) in [6, 6.07) is 8.05. The number of nitrogens with zero attached hydrogens (tertiary/aromatic N) is 1. The maximum Gasteiger partial charge on any atom is 0.123 e. The minimum Gasteiger partial charge on any atom is -0.377 e. The van der Waals surface area contributed by atoms with Crippen LogP contribution in [0.3, 0.4) is 0 Å². The smallest absolute Gasteiger partial charge is 0.123 e. The summed E-state index contributed by atoms with van der Waals surface area (Å²) in [4.78, 5) is 0. The van der Waals surface area contributed by atoms with Crippen molar-refractivity contribution in [1.29, 1.82) is 0 Å². The molecule has 1 heterocycles. The minimum atomic E-state index is -0.528. The highest BCUT2D eigenvalue weighted by Gasteiger charge is 2.20. The average molecular weight is 180 g/mol. The number of hydrogen-bond donors (Lipinski definition) is 2. The van der Waals surface area contributed by atoms with Crippen molar-refractivity contribution in [3.8, 4) is 0 Å². The molecule has 0 radical (unpaired) electrons. The monoisotopic (exact) mass is 180 g/mol. The number of hydrogen-bond acceptors (Lipinski definition) is 3. The van der Waals surface area contributed by atoms with Gasteiger partial charge in [0.1, 0.15) is 6.23 Å². The maximum absolute atomic E-state index is 9.43. The van der Waals surface area contributed by atoms with Gasteiger partial charge in [-0.05, 0) is 11.1 Å². The minimum absolute atomic E-state index is 0. The summed E-state index contributed by atoms with van der Waals surface area (Å²) < 4.78 is 0. The van der Waals surface area contributed by atoms with Gasteiger partial charge in [-0.2, -0.15) is 0 Å². The van der Waals surface area contributed by atoms with Crippen LogP contribution < -0.4 is 5.84 Å². The first-order valence-corrected chi connectivity index (χ1v) is 4.03. The van der Waals surface area contributed by atoms with Gasteiger partial charge < -0.3 is 5.11 Å². The summed E-state index contributed by atoms with van der Waals surface area (Å²) >= 11 is 0. The van der Waals surface area contributed by atoms with Crippen LogP contribution >= 0.6 is 0 Å². The number of fused-ring (bicyclic) bond motifs is 1. The Bertz CT molecular complexity index is 259. The van der Waals surface area contributed by atoms with Gasteiger partial charge in [0, 0.05) is 13.0 Å². The lowest BCUT2D eigenvalue weighted by Crippen LogP contribution is -2.44. The van der Waals surface area contributed by atoms with Gasteiger partial charge in [-0.1, -0.05) is 31.7 Å². The van der Waals surface area contributed by atoms with Crippen molar-refractivity contribution < 1.29 is 5.11 Å². The Morgan fingerprint density at radius 2 is 1.92 bits per heavy atom. The fourth-order valence-electron chi connectivity index (χ4n) is 1.53. The number of nitrogens with two attached hydrogens (primary N) is 1. The Labute approximate surface area is 78.8 Å². The number of benzene rings is 1. The molecule has 1 aliphatic heterocycles. The molecule has 1 aromatic rings. The van der Waals surface area contributed by atoms with Crippen LogP contribution in [0.4, 0.5) is 0 Å². The van der Waals surface area contributed by atoms with Crippen molar-refractivity contribution in [3.05, 3.63) is 35.4 Å². The Morgan fingerprint density at radius 1 is 1.31 bits per heavy atom. The molecular formula is C10H16N2O. The fraction of sp³-hybridized carbons (Fsp3) is 0.400. The van der Waals surface area contributed by atoms with Crippen LogP contribution in [0.15, 0.2) is 24.3 Å². The molecule has 1 atom stereocenters. The van der Waals surface area contributed by atoms with Crippen LogP contribution in [0.25, 0.3) is 0 Å². The van der Waals surface area contributed by atoms with E-state index in [9.17, 15) is 5.11 Å². The molecule has 72 valence electrons. The first kappa shape index (κ1) is 10.2. The van der Waals surface area contributed by atoms with Gasteiger partial charge >= 0.3 is 0 Å². The highest BCUT2D eigenvalue weighted by Crippen LogP contribution is 2.18. The summed E-state index contributed by atoms with van der Waals surface area (Å²) in [6.45, 7) is 0.636. The van der Waals surface area contributed by atoms with Crippen LogP contribution in [0, 0.1) is 0 Å². The van der Waals surface area contributed by atoms with Crippen LogP contribution in [0.1, 0.15) is 18.6 Å². The molecule has 13 heavy (non-hydrogen) atoms. The van der Waals surface area contributed by atoms with Crippen molar-refractivity contribution in [2.45, 2.75) is 26.6 Å². The molecule has 0 saturated heterocycles. The summed E-state index contributed by atoms with van der Waals surface area (Å²) in [5.74, 6) is 5.58. The summed E-state index contributed by atoms with van der Waals surface area (Å²) in [7, 11) is 0. The zero-order valence-corrected chi connectivity index (χ0v) is 6.77. The lowest BCUT2D eigenvalue weighted by molar-refractivity contribution is -0.0110. The molecule has 1 aromatic carbocycles. The van der Waals surface area contributed by atoms with E-state index in [-0.39, 0.29) is 7.43 Å². The molecule has 0 amide bonds. The standard InChI is InChI=1S/C9H12N2O.CH4/c10-11-6-8-4-2-1-3-7(8)5-9(11)12;/h1-4,9,12H,5-6,10H2;1H4. The molecule has 0 saturated carbocycles. The molecule has 0 aromatic heterocycles. The third-order valence-corrected chi connectivity index (χ3v) is 2.26. The third-order valence-electron chi connectivity index (χ3n) is 2.26. The van der Waals surface area contributed by atoms with E-state index in [0.29, 0.717) is 13.0 Å². The van der Waals surface area contributed by atoms with Gasteiger partial charge in [-0.3, -0.25) is 5.84 Å². The highest BCUT2D eigenvalue weighted by atomic mass is 16.3. The predicted molar refractivity (Wildman–Crippen MR) is 52.6 cm³/mol. The maximum atomic E-state index is 9.43. The SMILES string of the molecule is C.NN1Cc2ccccc2CC1O. The van der Waals surface area contributed by atoms with E-state index in [0.717, 1.165) is 0 Å². The lowest BCUT2D eigenvalue weighted by Gasteiger charge is -2.29. The number of aliphatic hydroxyl groups excluding tert-OH is 1. The predicted octanol–water partition coefficient (Wildman–Crippen LogP) is 0.873. The Hall–Kier alpha value is -0.900. The average Bonchev–Trinajstić information content (AvgIpc) is 2.07. The quantitative estimate of drug-likeness (QED) is 0.582. The molecule has 3 N–H and O–H groups in total. The second-order valence-corrected chi connectivity index (χ2v) is 3.13. The van der Waals surface area contributed by atoms with E-state index in [1.54, 1.807) is 0 Å². The van der Waals surface area contributed by atoms with Crippen LogP contribution in [-0.2, 0) is 13.0 Å². The van der Waals surface area contributed by atoms with Crippen LogP contribution in [0.2, 0.25) is 0 Å². The van der Waals surface area contributed by atoms with Gasteiger partial charge in [0.05, 0.1) is 0 Å². The third kappa shape index (κ3) is 1.88. The highest BCUT2D eigenvalue weighted by molar-refractivity contribution is 5.29. The Kier molecular flexibility index (Phi) is 3.03. The summed E-state index contributed by atoms with van der Waals surface area (Å²) in [5, 5.41) is 10.9. The van der Waals surface area contributed by atoms with Crippen LogP contribution in [0.5, 0.6) is 0 Å². The second kappa shape index (κ2) is 3.87. The van der Waals surface area contributed by atoms with Crippen molar-refractivity contribution in [2.24, 2.45) is 5.84 Å². The molecule has 2 rings (SSSR count). The molecule has 0 aliphatic carbocycles. The molecule has 0 spiro atoms. The number of hydrazine groups is 1. The van der Waals surface area contributed by atoms with Crippen LogP contribution in [-0.4, -0.2) is 16.3 Å². The van der Waals surface area contributed by atoms with E-state index in [1.165, 1.54) is 16.1 Å². The molecule has 0 bridgehead atoms. The van der Waals surface area contributed by atoms with Gasteiger partial charge in [-0.25, -0.2) is 5.01 Å². The first-order chi connectivity index (χ1) is 5.77.